The van der Waals surface area contributed by atoms with Crippen molar-refractivity contribution in [1.82, 2.24) is 0 Å². The fourth-order valence-corrected chi connectivity index (χ4v) is 10.2. The molecule has 0 aliphatic heterocycles. The average molecular weight is 708 g/mol. The van der Waals surface area contributed by atoms with Gasteiger partial charge in [0, 0.05) is 27.6 Å². The van der Waals surface area contributed by atoms with Gasteiger partial charge in [0.05, 0.1) is 5.69 Å². The normalized spacial score (nSPS) is 14.9. The summed E-state index contributed by atoms with van der Waals surface area (Å²) in [7, 11) is 0. The lowest BCUT2D eigenvalue weighted by molar-refractivity contribution is 0.652. The first kappa shape index (κ1) is 33.5. The summed E-state index contributed by atoms with van der Waals surface area (Å²) in [6, 6.07) is 44.1. The van der Waals surface area contributed by atoms with Crippen LogP contribution in [-0.4, -0.2) is 0 Å². The van der Waals surface area contributed by atoms with E-state index in [1.54, 1.807) is 0 Å². The van der Waals surface area contributed by atoms with Crippen LogP contribution < -0.4 is 10.1 Å². The van der Waals surface area contributed by atoms with Gasteiger partial charge in [-0.1, -0.05) is 118 Å². The Balaban J connectivity index is 1.25. The summed E-state index contributed by atoms with van der Waals surface area (Å²) in [6.07, 6.45) is 7.75. The van der Waals surface area contributed by atoms with E-state index in [4.69, 9.17) is 6.42 Å². The zero-order valence-electron chi connectivity index (χ0n) is 33.1. The Bertz CT molecular complexity index is 3070. The largest absolute Gasteiger partial charge is 0.310 e. The van der Waals surface area contributed by atoms with Gasteiger partial charge in [-0.2, -0.15) is 0 Å². The minimum atomic E-state index is -0.235. The van der Waals surface area contributed by atoms with E-state index >= 15 is 0 Å². The van der Waals surface area contributed by atoms with Gasteiger partial charge in [0.15, 0.2) is 0 Å². The lowest BCUT2D eigenvalue weighted by Crippen LogP contribution is -2.18. The van der Waals surface area contributed by atoms with E-state index in [0.717, 1.165) is 10.9 Å². The second kappa shape index (κ2) is 11.5. The molecule has 1 heteroatoms. The smallest absolute Gasteiger partial charge is 0.0543 e. The number of anilines is 3. The van der Waals surface area contributed by atoms with E-state index in [1.165, 1.54) is 110 Å². The van der Waals surface area contributed by atoms with E-state index in [0.29, 0.717) is 0 Å². The SMILES string of the molecule is C#CC=c1ccc2cc3c(c4ccc(C)c1c24)-c1cc2c(cc1C3(C)C)-c1c(cc(N(c3ccc(C)cc3)c3ccc(C)cc3C)c3ccccc13)C2(C)C. The Morgan fingerprint density at radius 3 is 1.84 bits per heavy atom. The van der Waals surface area contributed by atoms with Gasteiger partial charge in [-0.3, -0.25) is 0 Å². The van der Waals surface area contributed by atoms with Crippen molar-refractivity contribution in [2.24, 2.45) is 0 Å². The molecule has 0 atom stereocenters. The molecule has 2 aliphatic rings. The molecule has 0 saturated carbocycles. The third-order valence-electron chi connectivity index (χ3n) is 13.0. The van der Waals surface area contributed by atoms with Gasteiger partial charge >= 0.3 is 0 Å². The molecule has 8 aromatic rings. The van der Waals surface area contributed by atoms with Crippen molar-refractivity contribution in [3.05, 3.63) is 165 Å². The van der Waals surface area contributed by atoms with Crippen molar-refractivity contribution in [3.8, 4) is 34.6 Å². The molecule has 0 unspecified atom stereocenters. The first-order chi connectivity index (χ1) is 26.4. The highest BCUT2D eigenvalue weighted by atomic mass is 15.1. The molecule has 0 saturated heterocycles. The maximum Gasteiger partial charge on any atom is 0.0543 e. The van der Waals surface area contributed by atoms with Crippen molar-refractivity contribution in [2.75, 3.05) is 4.90 Å². The molecule has 0 heterocycles. The highest BCUT2D eigenvalue weighted by molar-refractivity contribution is 6.19. The Kier molecular flexibility index (Phi) is 6.97. The molecular weight excluding hydrogens is 663 g/mol. The van der Waals surface area contributed by atoms with Crippen LogP contribution in [0.25, 0.3) is 60.6 Å². The van der Waals surface area contributed by atoms with Gasteiger partial charge < -0.3 is 4.90 Å². The second-order valence-electron chi connectivity index (χ2n) is 17.2. The number of aryl methyl sites for hydroxylation is 4. The van der Waals surface area contributed by atoms with Crippen LogP contribution in [0, 0.1) is 40.0 Å². The molecule has 8 aromatic carbocycles. The highest BCUT2D eigenvalue weighted by Crippen LogP contribution is 2.60. The first-order valence-electron chi connectivity index (χ1n) is 19.6. The number of hydrogen-bond donors (Lipinski definition) is 0. The maximum atomic E-state index is 5.83. The highest BCUT2D eigenvalue weighted by Gasteiger charge is 2.43. The number of rotatable bonds is 3. The van der Waals surface area contributed by atoms with Gasteiger partial charge in [0.1, 0.15) is 0 Å². The summed E-state index contributed by atoms with van der Waals surface area (Å²) in [4.78, 5) is 2.49. The first-order valence-corrected chi connectivity index (χ1v) is 19.6. The summed E-state index contributed by atoms with van der Waals surface area (Å²) >= 11 is 0. The average Bonchev–Trinajstić information content (AvgIpc) is 3.53. The molecule has 0 fully saturated rings. The molecule has 0 spiro atoms. The molecule has 55 heavy (non-hydrogen) atoms. The Hall–Kier alpha value is -6.10. The lowest BCUT2D eigenvalue weighted by atomic mass is 9.79. The van der Waals surface area contributed by atoms with Crippen molar-refractivity contribution in [2.45, 2.75) is 66.2 Å². The summed E-state index contributed by atoms with van der Waals surface area (Å²) in [5.41, 5.74) is 19.2. The number of benzene rings is 8. The summed E-state index contributed by atoms with van der Waals surface area (Å²) in [6.45, 7) is 18.5. The van der Waals surface area contributed by atoms with E-state index in [2.05, 4.69) is 181 Å². The van der Waals surface area contributed by atoms with Crippen molar-refractivity contribution in [3.63, 3.8) is 0 Å². The quantitative estimate of drug-likeness (QED) is 0.165. The number of hydrogen-bond acceptors (Lipinski definition) is 1. The third kappa shape index (κ3) is 4.55. The predicted molar refractivity (Wildman–Crippen MR) is 236 cm³/mol. The fraction of sp³-hybridized carbons (Fsp3) is 0.185. The van der Waals surface area contributed by atoms with Crippen molar-refractivity contribution in [1.29, 1.82) is 0 Å². The number of fused-ring (bicyclic) bond motifs is 9. The van der Waals surface area contributed by atoms with Crippen LogP contribution in [0.4, 0.5) is 17.1 Å². The number of nitrogens with zero attached hydrogens (tertiary/aromatic N) is 1. The van der Waals surface area contributed by atoms with Crippen LogP contribution in [0.2, 0.25) is 0 Å². The molecular formula is C54H45N. The van der Waals surface area contributed by atoms with Crippen LogP contribution in [0.15, 0.2) is 115 Å². The van der Waals surface area contributed by atoms with Crippen LogP contribution in [-0.2, 0) is 10.8 Å². The maximum absolute atomic E-state index is 5.83. The topological polar surface area (TPSA) is 3.24 Å². The Morgan fingerprint density at radius 2 is 1.16 bits per heavy atom. The standard InChI is InChI=1S/C54H45N/c1-10-13-35-20-21-36-27-45-52(40-24-19-33(4)49(35)50(36)40)42-29-43-41(28-44(42)53(45,6)7)51-39-15-12-11-14-38(39)48(30-46(51)54(43,8)9)55(37-22-16-31(2)17-23-37)47-25-18-32(3)26-34(47)5/h1,11-30H,2-9H3. The molecule has 0 bridgehead atoms. The van der Waals surface area contributed by atoms with Crippen LogP contribution in [0.5, 0.6) is 0 Å². The second-order valence-corrected chi connectivity index (χ2v) is 17.2. The lowest BCUT2D eigenvalue weighted by Gasteiger charge is -2.31. The van der Waals surface area contributed by atoms with E-state index < -0.39 is 0 Å². The van der Waals surface area contributed by atoms with E-state index in [-0.39, 0.29) is 10.8 Å². The van der Waals surface area contributed by atoms with Crippen LogP contribution in [0.3, 0.4) is 0 Å². The summed E-state index contributed by atoms with van der Waals surface area (Å²) < 4.78 is 0. The molecule has 2 aliphatic carbocycles. The molecule has 0 amide bonds. The summed E-state index contributed by atoms with van der Waals surface area (Å²) in [5.74, 6) is 2.80. The van der Waals surface area contributed by atoms with Gasteiger partial charge in [-0.15, -0.1) is 6.42 Å². The zero-order chi connectivity index (χ0) is 38.1. The molecule has 10 rings (SSSR count). The van der Waals surface area contributed by atoms with Crippen LogP contribution in [0.1, 0.15) is 72.2 Å². The minimum absolute atomic E-state index is 0.175. The zero-order valence-corrected chi connectivity index (χ0v) is 33.1. The molecule has 0 radical (unpaired) electrons. The fourth-order valence-electron chi connectivity index (χ4n) is 10.2. The van der Waals surface area contributed by atoms with Crippen LogP contribution >= 0.6 is 0 Å². The predicted octanol–water partition coefficient (Wildman–Crippen LogP) is 13.6. The van der Waals surface area contributed by atoms with E-state index in [1.807, 2.05) is 6.08 Å². The molecule has 0 N–H and O–H groups in total. The Labute approximate surface area is 324 Å². The molecule has 266 valence electrons. The monoisotopic (exact) mass is 707 g/mol. The molecule has 0 aromatic heterocycles. The van der Waals surface area contributed by atoms with Crippen molar-refractivity contribution >= 4 is 55.5 Å². The molecule has 1 nitrogen and oxygen atoms in total. The van der Waals surface area contributed by atoms with Gasteiger partial charge in [-0.05, 0) is 164 Å². The number of terminal acetylenes is 1. The van der Waals surface area contributed by atoms with Gasteiger partial charge in [-0.25, -0.2) is 0 Å². The van der Waals surface area contributed by atoms with Gasteiger partial charge in [0.25, 0.3) is 0 Å². The minimum Gasteiger partial charge on any atom is -0.310 e. The third-order valence-corrected chi connectivity index (χ3v) is 13.0. The van der Waals surface area contributed by atoms with Gasteiger partial charge in [0.2, 0.25) is 0 Å². The van der Waals surface area contributed by atoms with Crippen molar-refractivity contribution < 1.29 is 0 Å². The Morgan fingerprint density at radius 1 is 0.527 bits per heavy atom. The summed E-state index contributed by atoms with van der Waals surface area (Å²) in [5, 5.41) is 8.84. The van der Waals surface area contributed by atoms with E-state index in [9.17, 15) is 0 Å².